The predicted octanol–water partition coefficient (Wildman–Crippen LogP) is 1.47. The number of pyridine rings is 1. The van der Waals surface area contributed by atoms with Crippen molar-refractivity contribution >= 4 is 17.7 Å². The Labute approximate surface area is 116 Å². The molecule has 3 N–H and O–H groups in total. The summed E-state index contributed by atoms with van der Waals surface area (Å²) in [5.41, 5.74) is 0.0344. The monoisotopic (exact) mass is 279 g/mol. The van der Waals surface area contributed by atoms with Gasteiger partial charge in [-0.05, 0) is 25.8 Å². The molecular formula is C13H17N3O4. The standard InChI is InChI=1S/C13H17N3O4/c1-13(3-2-4-20-13)8-15-12(19)16-10-5-9(11(17)18)6-14-7-10/h5-7H,2-4,8H2,1H3,(H,17,18)(H2,15,16,19). The van der Waals surface area contributed by atoms with E-state index in [1.807, 2.05) is 6.92 Å². The number of carbonyl (C=O) groups excluding carboxylic acids is 1. The van der Waals surface area contributed by atoms with E-state index in [1.165, 1.54) is 18.5 Å². The lowest BCUT2D eigenvalue weighted by atomic mass is 10.0. The fourth-order valence-electron chi connectivity index (χ4n) is 2.04. The fourth-order valence-corrected chi connectivity index (χ4v) is 2.04. The van der Waals surface area contributed by atoms with Gasteiger partial charge in [0, 0.05) is 19.3 Å². The molecule has 1 saturated heterocycles. The number of hydrogen-bond acceptors (Lipinski definition) is 4. The summed E-state index contributed by atoms with van der Waals surface area (Å²) in [7, 11) is 0. The van der Waals surface area contributed by atoms with E-state index >= 15 is 0 Å². The highest BCUT2D eigenvalue weighted by molar-refractivity contribution is 5.92. The van der Waals surface area contributed by atoms with Crippen molar-refractivity contribution in [2.24, 2.45) is 0 Å². The second kappa shape index (κ2) is 5.87. The van der Waals surface area contributed by atoms with Crippen molar-refractivity contribution in [2.75, 3.05) is 18.5 Å². The van der Waals surface area contributed by atoms with Gasteiger partial charge in [-0.3, -0.25) is 4.98 Å². The number of anilines is 1. The molecule has 20 heavy (non-hydrogen) atoms. The van der Waals surface area contributed by atoms with Crippen LogP contribution < -0.4 is 10.6 Å². The van der Waals surface area contributed by atoms with Crippen molar-refractivity contribution < 1.29 is 19.4 Å². The zero-order chi connectivity index (χ0) is 14.6. The lowest BCUT2D eigenvalue weighted by Crippen LogP contribution is -2.41. The van der Waals surface area contributed by atoms with Gasteiger partial charge in [0.05, 0.1) is 23.0 Å². The van der Waals surface area contributed by atoms with Crippen LogP contribution in [0.4, 0.5) is 10.5 Å². The molecule has 0 aromatic carbocycles. The van der Waals surface area contributed by atoms with E-state index in [0.29, 0.717) is 18.8 Å². The number of rotatable bonds is 4. The van der Waals surface area contributed by atoms with Crippen molar-refractivity contribution in [3.63, 3.8) is 0 Å². The van der Waals surface area contributed by atoms with Crippen LogP contribution in [0.15, 0.2) is 18.5 Å². The quantitative estimate of drug-likeness (QED) is 0.775. The number of carboxylic acid groups (broad SMARTS) is 1. The zero-order valence-corrected chi connectivity index (χ0v) is 11.2. The molecule has 0 saturated carbocycles. The first-order valence-corrected chi connectivity index (χ1v) is 6.36. The Bertz CT molecular complexity index is 512. The third-order valence-electron chi connectivity index (χ3n) is 3.17. The Morgan fingerprint density at radius 3 is 2.95 bits per heavy atom. The molecule has 1 fully saturated rings. The zero-order valence-electron chi connectivity index (χ0n) is 11.2. The third-order valence-corrected chi connectivity index (χ3v) is 3.17. The first-order valence-electron chi connectivity index (χ1n) is 6.36. The van der Waals surface area contributed by atoms with Crippen molar-refractivity contribution in [3.05, 3.63) is 24.0 Å². The Kier molecular flexibility index (Phi) is 4.19. The van der Waals surface area contributed by atoms with Crippen LogP contribution in [0.25, 0.3) is 0 Å². The molecule has 0 bridgehead atoms. The smallest absolute Gasteiger partial charge is 0.337 e. The number of nitrogens with one attached hydrogen (secondary N) is 2. The minimum absolute atomic E-state index is 0.0221. The maximum atomic E-state index is 11.7. The van der Waals surface area contributed by atoms with Gasteiger partial charge < -0.3 is 20.5 Å². The predicted molar refractivity (Wildman–Crippen MR) is 71.8 cm³/mol. The van der Waals surface area contributed by atoms with E-state index in [4.69, 9.17) is 9.84 Å². The molecular weight excluding hydrogens is 262 g/mol. The van der Waals surface area contributed by atoms with Crippen LogP contribution in [-0.4, -0.2) is 40.8 Å². The fraction of sp³-hybridized carbons (Fsp3) is 0.462. The number of carbonyl (C=O) groups is 2. The summed E-state index contributed by atoms with van der Waals surface area (Å²) in [5, 5.41) is 14.1. The molecule has 0 radical (unpaired) electrons. The highest BCUT2D eigenvalue weighted by Gasteiger charge is 2.29. The SMILES string of the molecule is CC1(CNC(=O)Nc2cncc(C(=O)O)c2)CCCO1. The first kappa shape index (κ1) is 14.3. The van der Waals surface area contributed by atoms with Crippen LogP contribution in [0.2, 0.25) is 0 Å². The van der Waals surface area contributed by atoms with Gasteiger partial charge in [0.25, 0.3) is 0 Å². The molecule has 2 amide bonds. The number of amides is 2. The summed E-state index contributed by atoms with van der Waals surface area (Å²) < 4.78 is 5.56. The topological polar surface area (TPSA) is 101 Å². The lowest BCUT2D eigenvalue weighted by Gasteiger charge is -2.23. The highest BCUT2D eigenvalue weighted by atomic mass is 16.5. The van der Waals surface area contributed by atoms with Crippen LogP contribution in [-0.2, 0) is 4.74 Å². The molecule has 1 unspecified atom stereocenters. The second-order valence-corrected chi connectivity index (χ2v) is 4.98. The molecule has 7 nitrogen and oxygen atoms in total. The lowest BCUT2D eigenvalue weighted by molar-refractivity contribution is 0.0232. The van der Waals surface area contributed by atoms with E-state index in [9.17, 15) is 9.59 Å². The molecule has 2 heterocycles. The van der Waals surface area contributed by atoms with Gasteiger partial charge in [0.1, 0.15) is 0 Å². The largest absolute Gasteiger partial charge is 0.478 e. The summed E-state index contributed by atoms with van der Waals surface area (Å²) in [5.74, 6) is -1.09. The molecule has 108 valence electrons. The average Bonchev–Trinajstić information content (AvgIpc) is 2.84. The molecule has 7 heteroatoms. The average molecular weight is 279 g/mol. The van der Waals surface area contributed by atoms with Crippen LogP contribution in [0, 0.1) is 0 Å². The van der Waals surface area contributed by atoms with Crippen molar-refractivity contribution in [1.82, 2.24) is 10.3 Å². The van der Waals surface area contributed by atoms with Crippen molar-refractivity contribution in [1.29, 1.82) is 0 Å². The van der Waals surface area contributed by atoms with Gasteiger partial charge in [0.15, 0.2) is 0 Å². The van der Waals surface area contributed by atoms with Crippen LogP contribution in [0.5, 0.6) is 0 Å². The Morgan fingerprint density at radius 1 is 1.50 bits per heavy atom. The summed E-state index contributed by atoms with van der Waals surface area (Å²) in [6.07, 6.45) is 4.51. The van der Waals surface area contributed by atoms with Gasteiger partial charge in [-0.2, -0.15) is 0 Å². The minimum atomic E-state index is -1.09. The molecule has 1 aromatic heterocycles. The summed E-state index contributed by atoms with van der Waals surface area (Å²) in [4.78, 5) is 26.3. The highest BCUT2D eigenvalue weighted by Crippen LogP contribution is 2.23. The molecule has 1 aliphatic rings. The molecule has 1 atom stereocenters. The summed E-state index contributed by atoms with van der Waals surface area (Å²) in [6, 6.07) is 0.939. The number of ether oxygens (including phenoxy) is 1. The van der Waals surface area contributed by atoms with Gasteiger partial charge in [-0.25, -0.2) is 9.59 Å². The van der Waals surface area contributed by atoms with Crippen molar-refractivity contribution in [2.45, 2.75) is 25.4 Å². The maximum Gasteiger partial charge on any atom is 0.337 e. The Morgan fingerprint density at radius 2 is 2.30 bits per heavy atom. The molecule has 1 aliphatic heterocycles. The van der Waals surface area contributed by atoms with E-state index in [0.717, 1.165) is 12.8 Å². The van der Waals surface area contributed by atoms with E-state index < -0.39 is 12.0 Å². The van der Waals surface area contributed by atoms with Gasteiger partial charge in [-0.15, -0.1) is 0 Å². The number of carboxylic acids is 1. The minimum Gasteiger partial charge on any atom is -0.478 e. The normalized spacial score (nSPS) is 21.4. The van der Waals surface area contributed by atoms with E-state index in [2.05, 4.69) is 15.6 Å². The molecule has 0 aliphatic carbocycles. The van der Waals surface area contributed by atoms with Gasteiger partial charge in [0.2, 0.25) is 0 Å². The molecule has 0 spiro atoms. The van der Waals surface area contributed by atoms with Crippen LogP contribution in [0.1, 0.15) is 30.1 Å². The van der Waals surface area contributed by atoms with Crippen LogP contribution >= 0.6 is 0 Å². The number of nitrogens with zero attached hydrogens (tertiary/aromatic N) is 1. The van der Waals surface area contributed by atoms with Crippen LogP contribution in [0.3, 0.4) is 0 Å². The Balaban J connectivity index is 1.88. The third kappa shape index (κ3) is 3.67. The number of hydrogen-bond donors (Lipinski definition) is 3. The number of aromatic carboxylic acids is 1. The van der Waals surface area contributed by atoms with Crippen molar-refractivity contribution in [3.8, 4) is 0 Å². The Hall–Kier alpha value is -2.15. The summed E-state index contributed by atoms with van der Waals surface area (Å²) in [6.45, 7) is 3.07. The molecule has 1 aromatic rings. The van der Waals surface area contributed by atoms with E-state index in [1.54, 1.807) is 0 Å². The maximum absolute atomic E-state index is 11.7. The van der Waals surface area contributed by atoms with Gasteiger partial charge >= 0.3 is 12.0 Å². The molecule has 2 rings (SSSR count). The second-order valence-electron chi connectivity index (χ2n) is 4.98. The first-order chi connectivity index (χ1) is 9.48. The number of aromatic nitrogens is 1. The summed E-state index contributed by atoms with van der Waals surface area (Å²) >= 11 is 0. The van der Waals surface area contributed by atoms with Gasteiger partial charge in [-0.1, -0.05) is 0 Å². The van der Waals surface area contributed by atoms with E-state index in [-0.39, 0.29) is 11.2 Å². The number of urea groups is 1.